The molecule has 0 radical (unpaired) electrons. The third kappa shape index (κ3) is 2.92. The summed E-state index contributed by atoms with van der Waals surface area (Å²) in [6.45, 7) is 0. The van der Waals surface area contributed by atoms with E-state index in [0.717, 1.165) is 0 Å². The van der Waals surface area contributed by atoms with Crippen molar-refractivity contribution in [2.75, 3.05) is 0 Å². The monoisotopic (exact) mass is 319 g/mol. The van der Waals surface area contributed by atoms with Gasteiger partial charge in [-0.2, -0.15) is 5.10 Å². The smallest absolute Gasteiger partial charge is 0.248 e. The number of hydrogen-bond acceptors (Lipinski definition) is 4. The Morgan fingerprint density at radius 2 is 2.10 bits per heavy atom. The maximum atomic E-state index is 13.0. The van der Waals surface area contributed by atoms with Crippen LogP contribution in [0, 0.1) is 17.8 Å². The Morgan fingerprint density at radius 1 is 1.48 bits per heavy atom. The van der Waals surface area contributed by atoms with Gasteiger partial charge in [-0.25, -0.2) is 17.2 Å². The van der Waals surface area contributed by atoms with Crippen LogP contribution in [-0.4, -0.2) is 30.0 Å². The van der Waals surface area contributed by atoms with Gasteiger partial charge in [0.05, 0.1) is 5.69 Å². The van der Waals surface area contributed by atoms with Crippen LogP contribution in [-0.2, 0) is 27.6 Å². The molecule has 3 rings (SSSR count). The Kier molecular flexibility index (Phi) is 3.09. The van der Waals surface area contributed by atoms with Gasteiger partial charge in [0, 0.05) is 32.0 Å². The number of alkyl halides is 2. The highest BCUT2D eigenvalue weighted by Crippen LogP contribution is 2.62. The molecule has 0 aliphatic heterocycles. The molecule has 0 saturated heterocycles. The number of aromatic nitrogens is 2. The maximum absolute atomic E-state index is 13.0. The van der Waals surface area contributed by atoms with Gasteiger partial charge in [-0.1, -0.05) is 0 Å². The number of nitrogens with one attached hydrogen (secondary N) is 1. The second-order valence-electron chi connectivity index (χ2n) is 5.82. The zero-order valence-corrected chi connectivity index (χ0v) is 12.1. The lowest BCUT2D eigenvalue weighted by Gasteiger charge is -2.13. The molecule has 1 heterocycles. The SMILES string of the molecule is Cn1ccc(CS(=O)(=O)NC(=O)C2[C@H]3CC(F)(F)C[C@@H]23)n1. The highest BCUT2D eigenvalue weighted by molar-refractivity contribution is 7.89. The highest BCUT2D eigenvalue weighted by Gasteiger charge is 2.65. The summed E-state index contributed by atoms with van der Waals surface area (Å²) in [4.78, 5) is 11.9. The van der Waals surface area contributed by atoms with Gasteiger partial charge in [0.15, 0.2) is 0 Å². The minimum absolute atomic E-state index is 0.320. The number of amides is 1. The van der Waals surface area contributed by atoms with Gasteiger partial charge < -0.3 is 0 Å². The summed E-state index contributed by atoms with van der Waals surface area (Å²) in [5.74, 6) is -5.15. The molecule has 0 aromatic carbocycles. The minimum Gasteiger partial charge on any atom is -0.276 e. The largest absolute Gasteiger partial charge is 0.276 e. The zero-order chi connectivity index (χ0) is 15.4. The number of nitrogens with zero attached hydrogens (tertiary/aromatic N) is 2. The lowest BCUT2D eigenvalue weighted by atomic mass is 10.1. The van der Waals surface area contributed by atoms with E-state index in [9.17, 15) is 22.0 Å². The maximum Gasteiger partial charge on any atom is 0.248 e. The van der Waals surface area contributed by atoms with Crippen LogP contribution in [0.1, 0.15) is 18.5 Å². The van der Waals surface area contributed by atoms with Gasteiger partial charge in [-0.15, -0.1) is 0 Å². The van der Waals surface area contributed by atoms with Crippen LogP contribution in [0.5, 0.6) is 0 Å². The number of halogens is 2. The zero-order valence-electron chi connectivity index (χ0n) is 11.3. The number of aryl methyl sites for hydroxylation is 1. The molecule has 2 saturated carbocycles. The number of hydrogen-bond donors (Lipinski definition) is 1. The van der Waals surface area contributed by atoms with Gasteiger partial charge in [-0.05, 0) is 17.9 Å². The van der Waals surface area contributed by atoms with Gasteiger partial charge in [0.1, 0.15) is 5.75 Å². The average molecular weight is 319 g/mol. The second kappa shape index (κ2) is 4.49. The molecule has 1 aromatic rings. The van der Waals surface area contributed by atoms with Crippen molar-refractivity contribution in [2.45, 2.75) is 24.5 Å². The molecule has 21 heavy (non-hydrogen) atoms. The lowest BCUT2D eigenvalue weighted by Crippen LogP contribution is -2.34. The van der Waals surface area contributed by atoms with E-state index in [2.05, 4.69) is 5.10 Å². The number of rotatable bonds is 4. The van der Waals surface area contributed by atoms with E-state index in [4.69, 9.17) is 0 Å². The van der Waals surface area contributed by atoms with Crippen molar-refractivity contribution >= 4 is 15.9 Å². The van der Waals surface area contributed by atoms with Crippen LogP contribution in [0.15, 0.2) is 12.3 Å². The van der Waals surface area contributed by atoms with E-state index in [0.29, 0.717) is 5.69 Å². The molecule has 9 heteroatoms. The summed E-state index contributed by atoms with van der Waals surface area (Å²) in [6, 6.07) is 1.54. The van der Waals surface area contributed by atoms with E-state index in [1.165, 1.54) is 10.7 Å². The number of fused-ring (bicyclic) bond motifs is 1. The van der Waals surface area contributed by atoms with Crippen molar-refractivity contribution in [3.63, 3.8) is 0 Å². The fraction of sp³-hybridized carbons (Fsp3) is 0.667. The topological polar surface area (TPSA) is 81.1 Å². The molecule has 0 bridgehead atoms. The first-order valence-corrected chi connectivity index (χ1v) is 8.23. The molecular weight excluding hydrogens is 304 g/mol. The highest BCUT2D eigenvalue weighted by atomic mass is 32.2. The van der Waals surface area contributed by atoms with E-state index in [1.807, 2.05) is 4.72 Å². The van der Waals surface area contributed by atoms with Crippen molar-refractivity contribution < 1.29 is 22.0 Å². The molecular formula is C12H15F2N3O3S. The van der Waals surface area contributed by atoms with Crippen LogP contribution in [0.4, 0.5) is 8.78 Å². The first-order chi connectivity index (χ1) is 9.67. The summed E-state index contributed by atoms with van der Waals surface area (Å²) < 4.78 is 53.2. The van der Waals surface area contributed by atoms with Crippen molar-refractivity contribution in [1.29, 1.82) is 0 Å². The Bertz CT molecular complexity index is 672. The molecule has 1 aromatic heterocycles. The standard InChI is InChI=1S/C12H15F2N3O3S/c1-17-3-2-7(15-17)6-21(19,20)16-11(18)10-8-4-12(13,14)5-9(8)10/h2-3,8-10H,4-6H2,1H3,(H,16,18)/t8-,9+,10?. The van der Waals surface area contributed by atoms with Crippen LogP contribution < -0.4 is 4.72 Å². The Balaban J connectivity index is 1.58. The molecule has 0 spiro atoms. The van der Waals surface area contributed by atoms with Gasteiger partial charge in [0.2, 0.25) is 21.9 Å². The summed E-state index contributed by atoms with van der Waals surface area (Å²) in [5.41, 5.74) is 0.320. The fourth-order valence-corrected chi connectivity index (χ4v) is 4.21. The van der Waals surface area contributed by atoms with Crippen molar-refractivity contribution in [3.05, 3.63) is 18.0 Å². The van der Waals surface area contributed by atoms with Gasteiger partial charge >= 0.3 is 0 Å². The molecule has 6 nitrogen and oxygen atoms in total. The predicted molar refractivity (Wildman–Crippen MR) is 68.6 cm³/mol. The normalized spacial score (nSPS) is 30.0. The minimum atomic E-state index is -3.85. The Labute approximate surface area is 120 Å². The summed E-state index contributed by atoms with van der Waals surface area (Å²) in [5, 5.41) is 3.93. The summed E-state index contributed by atoms with van der Waals surface area (Å²) >= 11 is 0. The fourth-order valence-electron chi connectivity index (χ4n) is 3.16. The third-order valence-corrected chi connectivity index (χ3v) is 5.25. The Hall–Kier alpha value is -1.51. The quantitative estimate of drug-likeness (QED) is 0.884. The molecule has 2 aliphatic rings. The van der Waals surface area contributed by atoms with E-state index in [-0.39, 0.29) is 24.7 Å². The van der Waals surface area contributed by atoms with Crippen LogP contribution in [0.25, 0.3) is 0 Å². The predicted octanol–water partition coefficient (Wildman–Crippen LogP) is 0.657. The number of carbonyl (C=O) groups is 1. The number of sulfonamides is 1. The van der Waals surface area contributed by atoms with E-state index in [1.54, 1.807) is 13.2 Å². The summed E-state index contributed by atoms with van der Waals surface area (Å²) in [6.07, 6.45) is 0.951. The van der Waals surface area contributed by atoms with Crippen molar-refractivity contribution in [3.8, 4) is 0 Å². The molecule has 3 atom stereocenters. The summed E-state index contributed by atoms with van der Waals surface area (Å²) in [7, 11) is -2.20. The molecule has 1 unspecified atom stereocenters. The first kappa shape index (κ1) is 14.4. The molecule has 2 fully saturated rings. The van der Waals surface area contributed by atoms with Gasteiger partial charge in [-0.3, -0.25) is 14.2 Å². The number of carbonyl (C=O) groups excluding carboxylic acids is 1. The lowest BCUT2D eigenvalue weighted by molar-refractivity contribution is -0.122. The van der Waals surface area contributed by atoms with Crippen LogP contribution in [0.2, 0.25) is 0 Å². The van der Waals surface area contributed by atoms with Crippen molar-refractivity contribution in [1.82, 2.24) is 14.5 Å². The van der Waals surface area contributed by atoms with Crippen molar-refractivity contribution in [2.24, 2.45) is 24.8 Å². The first-order valence-electron chi connectivity index (χ1n) is 6.58. The average Bonchev–Trinajstić information content (AvgIpc) is 2.63. The Morgan fingerprint density at radius 3 is 2.62 bits per heavy atom. The van der Waals surface area contributed by atoms with Crippen LogP contribution >= 0.6 is 0 Å². The van der Waals surface area contributed by atoms with E-state index >= 15 is 0 Å². The van der Waals surface area contributed by atoms with E-state index < -0.39 is 33.5 Å². The molecule has 1 N–H and O–H groups in total. The third-order valence-electron chi connectivity index (χ3n) is 4.07. The molecule has 2 aliphatic carbocycles. The molecule has 1 amide bonds. The van der Waals surface area contributed by atoms with Gasteiger partial charge in [0.25, 0.3) is 0 Å². The van der Waals surface area contributed by atoms with Crippen LogP contribution in [0.3, 0.4) is 0 Å². The second-order valence-corrected chi connectivity index (χ2v) is 7.55. The molecule has 116 valence electrons.